The van der Waals surface area contributed by atoms with Crippen LogP contribution in [0.5, 0.6) is 0 Å². The van der Waals surface area contributed by atoms with E-state index in [1.165, 1.54) is 0 Å². The van der Waals surface area contributed by atoms with Crippen molar-refractivity contribution in [1.82, 2.24) is 0 Å². The van der Waals surface area contributed by atoms with Crippen molar-refractivity contribution >= 4 is 17.3 Å². The molecular formula is C13H17ClN2. The normalized spacial score (nSPS) is 12.2. The van der Waals surface area contributed by atoms with Crippen LogP contribution in [0.15, 0.2) is 18.2 Å². The summed E-state index contributed by atoms with van der Waals surface area (Å²) in [6, 6.07) is 7.83. The number of nitrogens with one attached hydrogen (secondary N) is 1. The predicted molar refractivity (Wildman–Crippen MR) is 68.7 cm³/mol. The first-order chi connectivity index (χ1) is 7.58. The summed E-state index contributed by atoms with van der Waals surface area (Å²) >= 11 is 5.93. The molecule has 3 heteroatoms. The van der Waals surface area contributed by atoms with Crippen LogP contribution in [-0.4, -0.2) is 6.04 Å². The van der Waals surface area contributed by atoms with Crippen molar-refractivity contribution in [1.29, 1.82) is 5.26 Å². The fraction of sp³-hybridized carbons (Fsp3) is 0.462. The summed E-state index contributed by atoms with van der Waals surface area (Å²) < 4.78 is 0. The highest BCUT2D eigenvalue weighted by molar-refractivity contribution is 6.30. The lowest BCUT2D eigenvalue weighted by molar-refractivity contribution is 0.511. The molecule has 0 spiro atoms. The Morgan fingerprint density at radius 2 is 2.12 bits per heavy atom. The lowest BCUT2D eigenvalue weighted by Crippen LogP contribution is -2.25. The van der Waals surface area contributed by atoms with Crippen molar-refractivity contribution in [2.75, 3.05) is 5.32 Å². The van der Waals surface area contributed by atoms with E-state index in [0.29, 0.717) is 22.5 Å². The van der Waals surface area contributed by atoms with Crippen LogP contribution < -0.4 is 5.32 Å². The molecule has 0 bridgehead atoms. The number of benzene rings is 1. The molecule has 16 heavy (non-hydrogen) atoms. The number of rotatable bonds is 4. The molecule has 0 saturated heterocycles. The van der Waals surface area contributed by atoms with Crippen LogP contribution in [0.1, 0.15) is 32.8 Å². The van der Waals surface area contributed by atoms with E-state index < -0.39 is 0 Å². The maximum Gasteiger partial charge on any atom is 0.101 e. The smallest absolute Gasteiger partial charge is 0.101 e. The van der Waals surface area contributed by atoms with Crippen molar-refractivity contribution in [2.24, 2.45) is 5.92 Å². The zero-order valence-electron chi connectivity index (χ0n) is 9.92. The molecule has 1 atom stereocenters. The second-order valence-electron chi connectivity index (χ2n) is 4.20. The molecule has 0 heterocycles. The molecule has 1 rings (SSSR count). The minimum absolute atomic E-state index is 0.366. The van der Waals surface area contributed by atoms with Crippen LogP contribution in [-0.2, 0) is 0 Å². The Kier molecular flexibility index (Phi) is 4.64. The molecule has 0 aliphatic carbocycles. The van der Waals surface area contributed by atoms with Crippen molar-refractivity contribution in [3.8, 4) is 6.07 Å². The Labute approximate surface area is 102 Å². The third-order valence-corrected chi connectivity index (χ3v) is 2.92. The fourth-order valence-corrected chi connectivity index (χ4v) is 1.85. The predicted octanol–water partition coefficient (Wildman–Crippen LogP) is 4.06. The molecule has 1 unspecified atom stereocenters. The number of hydrogen-bond donors (Lipinski definition) is 1. The average molecular weight is 237 g/mol. The molecule has 0 radical (unpaired) electrons. The summed E-state index contributed by atoms with van der Waals surface area (Å²) in [5.41, 5.74) is 1.47. The average Bonchev–Trinajstić information content (AvgIpc) is 2.25. The van der Waals surface area contributed by atoms with E-state index >= 15 is 0 Å². The fourth-order valence-electron chi connectivity index (χ4n) is 1.67. The first-order valence-corrected chi connectivity index (χ1v) is 5.92. The molecule has 0 aliphatic heterocycles. The summed E-state index contributed by atoms with van der Waals surface area (Å²) in [7, 11) is 0. The van der Waals surface area contributed by atoms with Gasteiger partial charge in [-0.1, -0.05) is 32.4 Å². The summed E-state index contributed by atoms with van der Waals surface area (Å²) in [5, 5.41) is 13.0. The maximum atomic E-state index is 9.00. The molecule has 0 aromatic heterocycles. The molecule has 86 valence electrons. The highest BCUT2D eigenvalue weighted by atomic mass is 35.5. The number of hydrogen-bond acceptors (Lipinski definition) is 2. The first kappa shape index (κ1) is 12.9. The van der Waals surface area contributed by atoms with Gasteiger partial charge in [0.1, 0.15) is 6.07 Å². The van der Waals surface area contributed by atoms with Gasteiger partial charge in [-0.15, -0.1) is 0 Å². The van der Waals surface area contributed by atoms with Gasteiger partial charge in [-0.25, -0.2) is 0 Å². The Balaban J connectivity index is 2.95. The molecule has 0 fully saturated rings. The molecule has 2 nitrogen and oxygen atoms in total. The Bertz CT molecular complexity index is 393. The lowest BCUT2D eigenvalue weighted by atomic mass is 10.0. The van der Waals surface area contributed by atoms with Gasteiger partial charge in [-0.2, -0.15) is 5.26 Å². The quantitative estimate of drug-likeness (QED) is 0.856. The van der Waals surface area contributed by atoms with Crippen LogP contribution in [0.4, 0.5) is 5.69 Å². The highest BCUT2D eigenvalue weighted by Crippen LogP contribution is 2.23. The van der Waals surface area contributed by atoms with Crippen LogP contribution in [0.3, 0.4) is 0 Å². The van der Waals surface area contributed by atoms with Crippen LogP contribution in [0.25, 0.3) is 0 Å². The number of nitrogens with zero attached hydrogens (tertiary/aromatic N) is 1. The number of halogens is 1. The Morgan fingerprint density at radius 1 is 1.44 bits per heavy atom. The second-order valence-corrected chi connectivity index (χ2v) is 4.64. The summed E-state index contributed by atoms with van der Waals surface area (Å²) in [6.07, 6.45) is 1.02. The van der Waals surface area contributed by atoms with Gasteiger partial charge in [0.05, 0.1) is 11.3 Å². The van der Waals surface area contributed by atoms with E-state index in [1.807, 2.05) is 6.07 Å². The van der Waals surface area contributed by atoms with Gasteiger partial charge in [0.2, 0.25) is 0 Å². The number of anilines is 1. The summed E-state index contributed by atoms with van der Waals surface area (Å²) in [5.74, 6) is 0.524. The van der Waals surface area contributed by atoms with E-state index in [-0.39, 0.29) is 0 Å². The van der Waals surface area contributed by atoms with Gasteiger partial charge in [0, 0.05) is 11.1 Å². The molecule has 0 saturated carbocycles. The van der Waals surface area contributed by atoms with Gasteiger partial charge in [0.25, 0.3) is 0 Å². The van der Waals surface area contributed by atoms with Gasteiger partial charge in [-0.05, 0) is 30.5 Å². The minimum Gasteiger partial charge on any atom is -0.381 e. The molecule has 1 aromatic rings. The molecule has 0 aliphatic rings. The van der Waals surface area contributed by atoms with Crippen molar-refractivity contribution < 1.29 is 0 Å². The number of nitriles is 1. The van der Waals surface area contributed by atoms with Gasteiger partial charge >= 0.3 is 0 Å². The zero-order chi connectivity index (χ0) is 12.1. The SMILES string of the molecule is CCC(Nc1cc(Cl)ccc1C#N)C(C)C. The molecular weight excluding hydrogens is 220 g/mol. The third-order valence-electron chi connectivity index (χ3n) is 2.69. The van der Waals surface area contributed by atoms with Crippen molar-refractivity contribution in [3.63, 3.8) is 0 Å². The monoisotopic (exact) mass is 236 g/mol. The Morgan fingerprint density at radius 3 is 2.62 bits per heavy atom. The van der Waals surface area contributed by atoms with Crippen LogP contribution >= 0.6 is 11.6 Å². The van der Waals surface area contributed by atoms with Gasteiger partial charge < -0.3 is 5.32 Å². The first-order valence-electron chi connectivity index (χ1n) is 5.54. The second kappa shape index (κ2) is 5.77. The third kappa shape index (κ3) is 3.15. The molecule has 1 N–H and O–H groups in total. The minimum atomic E-state index is 0.366. The Hall–Kier alpha value is -1.20. The van der Waals surface area contributed by atoms with Crippen LogP contribution in [0, 0.1) is 17.2 Å². The van der Waals surface area contributed by atoms with E-state index in [2.05, 4.69) is 32.2 Å². The topological polar surface area (TPSA) is 35.8 Å². The van der Waals surface area contributed by atoms with Gasteiger partial charge in [0.15, 0.2) is 0 Å². The van der Waals surface area contributed by atoms with Crippen molar-refractivity contribution in [3.05, 3.63) is 28.8 Å². The largest absolute Gasteiger partial charge is 0.381 e. The van der Waals surface area contributed by atoms with Crippen molar-refractivity contribution in [2.45, 2.75) is 33.2 Å². The summed E-state index contributed by atoms with van der Waals surface area (Å²) in [4.78, 5) is 0. The van der Waals surface area contributed by atoms with E-state index in [1.54, 1.807) is 12.1 Å². The van der Waals surface area contributed by atoms with Gasteiger partial charge in [-0.3, -0.25) is 0 Å². The standard InChI is InChI=1S/C13H17ClN2/c1-4-12(9(2)3)16-13-7-11(14)6-5-10(13)8-15/h5-7,9,12,16H,4H2,1-3H3. The summed E-state index contributed by atoms with van der Waals surface area (Å²) in [6.45, 7) is 6.46. The lowest BCUT2D eigenvalue weighted by Gasteiger charge is -2.22. The zero-order valence-corrected chi connectivity index (χ0v) is 10.7. The molecule has 0 amide bonds. The van der Waals surface area contributed by atoms with E-state index in [0.717, 1.165) is 12.1 Å². The van der Waals surface area contributed by atoms with Crippen LogP contribution in [0.2, 0.25) is 5.02 Å². The maximum absolute atomic E-state index is 9.00. The van der Waals surface area contributed by atoms with E-state index in [4.69, 9.17) is 16.9 Å². The molecule has 1 aromatic carbocycles. The highest BCUT2D eigenvalue weighted by Gasteiger charge is 2.12. The van der Waals surface area contributed by atoms with E-state index in [9.17, 15) is 0 Å².